The van der Waals surface area contributed by atoms with Crippen LogP contribution in [0.15, 0.2) is 22.8 Å². The van der Waals surface area contributed by atoms with E-state index in [2.05, 4.69) is 15.9 Å². The van der Waals surface area contributed by atoms with E-state index in [1.54, 1.807) is 18.2 Å². The van der Waals surface area contributed by atoms with E-state index in [9.17, 15) is 5.21 Å². The summed E-state index contributed by atoms with van der Waals surface area (Å²) in [5.41, 5.74) is 0.861. The van der Waals surface area contributed by atoms with Crippen LogP contribution in [-0.2, 0) is 0 Å². The van der Waals surface area contributed by atoms with Gasteiger partial charge in [0.25, 0.3) is 5.52 Å². The van der Waals surface area contributed by atoms with E-state index in [-0.39, 0.29) is 0 Å². The van der Waals surface area contributed by atoms with Crippen LogP contribution in [0.25, 0.3) is 11.0 Å². The molecular weight excluding hydrogens is 132 g/mol. The number of fused-ring (bicyclic) bond motifs is 1. The van der Waals surface area contributed by atoms with Crippen molar-refractivity contribution in [2.75, 3.05) is 0 Å². The molecule has 0 aliphatic rings. The van der Waals surface area contributed by atoms with Gasteiger partial charge in [-0.05, 0) is 17.0 Å². The molecule has 1 aromatic heterocycles. The van der Waals surface area contributed by atoms with E-state index >= 15 is 0 Å². The summed E-state index contributed by atoms with van der Waals surface area (Å²) in [7, 11) is 0. The summed E-state index contributed by atoms with van der Waals surface area (Å²) in [4.78, 5) is 0.353. The third kappa shape index (κ3) is 0.556. The lowest BCUT2D eigenvalue weighted by Gasteiger charge is -1.81. The summed E-state index contributed by atoms with van der Waals surface area (Å²) >= 11 is 0. The Balaban J connectivity index is 2.93. The van der Waals surface area contributed by atoms with E-state index in [0.29, 0.717) is 15.9 Å². The zero-order chi connectivity index (χ0) is 6.97. The topological polar surface area (TPSA) is 53.0 Å². The molecule has 0 saturated carbocycles. The highest BCUT2D eigenvalue weighted by molar-refractivity contribution is 5.68. The van der Waals surface area contributed by atoms with Gasteiger partial charge in [-0.2, -0.15) is 0 Å². The normalized spacial score (nSPS) is 10.4. The van der Waals surface area contributed by atoms with Crippen molar-refractivity contribution in [1.82, 2.24) is 5.16 Å². The van der Waals surface area contributed by atoms with Gasteiger partial charge in [0.05, 0.1) is 0 Å². The Morgan fingerprint density at radius 1 is 1.70 bits per heavy atom. The molecule has 1 radical (unpaired) electrons. The van der Waals surface area contributed by atoms with Crippen LogP contribution in [-0.4, -0.2) is 5.16 Å². The summed E-state index contributed by atoms with van der Waals surface area (Å²) in [6.45, 7) is 0. The highest BCUT2D eigenvalue weighted by atomic mass is 16.8. The van der Waals surface area contributed by atoms with E-state index in [1.165, 1.54) is 0 Å². The predicted molar refractivity (Wildman–Crippen MR) is 31.8 cm³/mol. The van der Waals surface area contributed by atoms with Crippen LogP contribution in [0.3, 0.4) is 0 Å². The maximum Gasteiger partial charge on any atom is 0.256 e. The minimum Gasteiger partial charge on any atom is -0.359 e. The van der Waals surface area contributed by atoms with Gasteiger partial charge in [0.2, 0.25) is 5.52 Å². The van der Waals surface area contributed by atoms with Crippen LogP contribution in [0.1, 0.15) is 0 Å². The van der Waals surface area contributed by atoms with Gasteiger partial charge in [0.15, 0.2) is 0 Å². The van der Waals surface area contributed by atoms with Crippen LogP contribution in [0.5, 0.6) is 0 Å². The molecule has 4 nitrogen and oxygen atoms in total. The van der Waals surface area contributed by atoms with E-state index in [0.717, 1.165) is 0 Å². The van der Waals surface area contributed by atoms with Crippen molar-refractivity contribution in [1.29, 1.82) is 0 Å². The number of hydrogen-bond acceptors (Lipinski definition) is 3. The molecule has 1 aromatic carbocycles. The van der Waals surface area contributed by atoms with Gasteiger partial charge in [-0.15, -0.1) is 0 Å². The van der Waals surface area contributed by atoms with Crippen LogP contribution in [0, 0.1) is 11.3 Å². The number of nitrogens with zero attached hydrogens (tertiary/aromatic N) is 2. The van der Waals surface area contributed by atoms with Gasteiger partial charge in [-0.3, -0.25) is 4.63 Å². The lowest BCUT2D eigenvalue weighted by Crippen LogP contribution is -2.22. The Kier molecular flexibility index (Phi) is 0.887. The first-order chi connectivity index (χ1) is 4.88. The minimum atomic E-state index is 0.353. The molecule has 0 aliphatic heterocycles. The van der Waals surface area contributed by atoms with Gasteiger partial charge < -0.3 is 5.21 Å². The molecule has 0 unspecified atom stereocenters. The lowest BCUT2D eigenvalue weighted by molar-refractivity contribution is -0.782. The molecule has 0 atom stereocenters. The molecule has 49 valence electrons. The van der Waals surface area contributed by atoms with Crippen molar-refractivity contribution >= 4 is 11.0 Å². The Bertz CT molecular complexity index is 355. The fourth-order valence-corrected chi connectivity index (χ4v) is 0.762. The van der Waals surface area contributed by atoms with Crippen LogP contribution >= 0.6 is 0 Å². The number of rotatable bonds is 0. The first kappa shape index (κ1) is 5.22. The Labute approximate surface area is 56.2 Å². The fraction of sp³-hybridized carbons (Fsp3) is 0. The molecule has 0 N–H and O–H groups in total. The van der Waals surface area contributed by atoms with Crippen LogP contribution in [0.4, 0.5) is 0 Å². The summed E-state index contributed by atoms with van der Waals surface area (Å²) in [5.74, 6) is 0. The number of aromatic nitrogens is 2. The van der Waals surface area contributed by atoms with Gasteiger partial charge in [-0.1, -0.05) is 6.07 Å². The SMILES string of the molecule is [O-][n+]1onc2[c]cccc21. The first-order valence-corrected chi connectivity index (χ1v) is 2.74. The van der Waals surface area contributed by atoms with Gasteiger partial charge in [-0.25, -0.2) is 0 Å². The molecule has 10 heavy (non-hydrogen) atoms. The summed E-state index contributed by atoms with van der Waals surface area (Å²) in [6, 6.07) is 7.74. The number of hydrogen-bond donors (Lipinski definition) is 0. The van der Waals surface area contributed by atoms with E-state index in [1.807, 2.05) is 0 Å². The third-order valence-electron chi connectivity index (χ3n) is 1.22. The molecule has 0 saturated heterocycles. The summed E-state index contributed by atoms with van der Waals surface area (Å²) in [6.07, 6.45) is 0. The Morgan fingerprint density at radius 3 is 3.40 bits per heavy atom. The van der Waals surface area contributed by atoms with Crippen molar-refractivity contribution in [3.8, 4) is 0 Å². The third-order valence-corrected chi connectivity index (χ3v) is 1.22. The molecule has 2 aromatic rings. The molecule has 0 amide bonds. The van der Waals surface area contributed by atoms with Crippen molar-refractivity contribution < 1.29 is 9.53 Å². The lowest BCUT2D eigenvalue weighted by atomic mass is 10.3. The second kappa shape index (κ2) is 1.70. The first-order valence-electron chi connectivity index (χ1n) is 2.74. The maximum atomic E-state index is 10.6. The summed E-state index contributed by atoms with van der Waals surface area (Å²) in [5, 5.41) is 14.1. The summed E-state index contributed by atoms with van der Waals surface area (Å²) < 4.78 is 4.29. The quantitative estimate of drug-likeness (QED) is 0.487. The Morgan fingerprint density at radius 2 is 2.60 bits per heavy atom. The van der Waals surface area contributed by atoms with Crippen molar-refractivity contribution in [3.05, 3.63) is 29.5 Å². The zero-order valence-electron chi connectivity index (χ0n) is 4.94. The molecule has 4 heteroatoms. The van der Waals surface area contributed by atoms with Crippen molar-refractivity contribution in [3.63, 3.8) is 0 Å². The van der Waals surface area contributed by atoms with Gasteiger partial charge >= 0.3 is 0 Å². The van der Waals surface area contributed by atoms with Crippen molar-refractivity contribution in [2.24, 2.45) is 0 Å². The van der Waals surface area contributed by atoms with E-state index < -0.39 is 0 Å². The number of benzene rings is 1. The van der Waals surface area contributed by atoms with Gasteiger partial charge in [0, 0.05) is 11.2 Å². The largest absolute Gasteiger partial charge is 0.359 e. The molecule has 0 spiro atoms. The Hall–Kier alpha value is -1.58. The highest BCUT2D eigenvalue weighted by Crippen LogP contribution is 2.02. The monoisotopic (exact) mass is 135 g/mol. The molecule has 0 bridgehead atoms. The fourth-order valence-electron chi connectivity index (χ4n) is 0.762. The molecule has 2 rings (SSSR count). The highest BCUT2D eigenvalue weighted by Gasteiger charge is 2.05. The van der Waals surface area contributed by atoms with Crippen LogP contribution in [0.2, 0.25) is 0 Å². The zero-order valence-corrected chi connectivity index (χ0v) is 4.94. The van der Waals surface area contributed by atoms with Gasteiger partial charge in [0.1, 0.15) is 0 Å². The van der Waals surface area contributed by atoms with Crippen molar-refractivity contribution in [2.45, 2.75) is 0 Å². The molecule has 1 heterocycles. The second-order valence-corrected chi connectivity index (χ2v) is 1.83. The standard InChI is InChI=1S/C6H3N2O2/c9-8-6-4-2-1-3-5(6)7-10-8/h1-2,4H. The second-order valence-electron chi connectivity index (χ2n) is 1.83. The molecule has 0 fully saturated rings. The van der Waals surface area contributed by atoms with Crippen LogP contribution < -0.4 is 4.90 Å². The smallest absolute Gasteiger partial charge is 0.256 e. The minimum absolute atomic E-state index is 0.353. The molecule has 0 aliphatic carbocycles. The average molecular weight is 135 g/mol. The predicted octanol–water partition coefficient (Wildman–Crippen LogP) is 0.261. The maximum absolute atomic E-state index is 10.6. The molecular formula is C6H3N2O2. The average Bonchev–Trinajstić information content (AvgIpc) is 2.34. The van der Waals surface area contributed by atoms with E-state index in [4.69, 9.17) is 0 Å².